The fourth-order valence-electron chi connectivity index (χ4n) is 2.79. The Hall–Kier alpha value is -1.84. The molecule has 0 radical (unpaired) electrons. The van der Waals surface area contributed by atoms with Crippen LogP contribution in [0.15, 0.2) is 24.3 Å². The van der Waals surface area contributed by atoms with Gasteiger partial charge in [-0.05, 0) is 37.0 Å². The Morgan fingerprint density at radius 2 is 1.75 bits per heavy atom. The lowest BCUT2D eigenvalue weighted by Gasteiger charge is -2.31. The van der Waals surface area contributed by atoms with Gasteiger partial charge in [-0.15, -0.1) is 0 Å². The number of aryl methyl sites for hydroxylation is 1. The maximum Gasteiger partial charge on any atom is 0.228 e. The highest BCUT2D eigenvalue weighted by Gasteiger charge is 2.31. The second-order valence-corrected chi connectivity index (χ2v) is 5.36. The Morgan fingerprint density at radius 3 is 2.30 bits per heavy atom. The van der Waals surface area contributed by atoms with Gasteiger partial charge >= 0.3 is 0 Å². The smallest absolute Gasteiger partial charge is 0.228 e. The van der Waals surface area contributed by atoms with Crippen molar-refractivity contribution < 1.29 is 14.7 Å². The molecule has 0 heterocycles. The van der Waals surface area contributed by atoms with E-state index in [1.54, 1.807) is 0 Å². The largest absolute Gasteiger partial charge is 0.550 e. The monoisotopic (exact) mass is 274 g/mol. The Morgan fingerprint density at radius 1 is 1.15 bits per heavy atom. The van der Waals surface area contributed by atoms with E-state index in [0.717, 1.165) is 24.9 Å². The van der Waals surface area contributed by atoms with Crippen molar-refractivity contribution in [1.29, 1.82) is 0 Å². The minimum atomic E-state index is -1.11. The van der Waals surface area contributed by atoms with Gasteiger partial charge in [0, 0.05) is 23.5 Å². The van der Waals surface area contributed by atoms with Crippen molar-refractivity contribution in [3.05, 3.63) is 29.8 Å². The van der Waals surface area contributed by atoms with Crippen LogP contribution in [-0.4, -0.2) is 11.9 Å². The van der Waals surface area contributed by atoms with E-state index in [1.165, 1.54) is 5.56 Å². The molecule has 1 aromatic rings. The van der Waals surface area contributed by atoms with Crippen LogP contribution < -0.4 is 10.4 Å². The highest BCUT2D eigenvalue weighted by Crippen LogP contribution is 2.30. The van der Waals surface area contributed by atoms with Crippen molar-refractivity contribution >= 4 is 17.6 Å². The summed E-state index contributed by atoms with van der Waals surface area (Å²) in [5, 5.41) is 13.9. The first kappa shape index (κ1) is 14.6. The van der Waals surface area contributed by atoms with Gasteiger partial charge in [0.25, 0.3) is 0 Å². The molecule has 0 unspecified atom stereocenters. The first-order chi connectivity index (χ1) is 9.61. The summed E-state index contributed by atoms with van der Waals surface area (Å²) in [6, 6.07) is 7.64. The minimum Gasteiger partial charge on any atom is -0.550 e. The lowest BCUT2D eigenvalue weighted by Crippen LogP contribution is -2.42. The number of nitrogens with one attached hydrogen (secondary N) is 1. The van der Waals surface area contributed by atoms with Gasteiger partial charge in [0.1, 0.15) is 0 Å². The third-order valence-electron chi connectivity index (χ3n) is 4.04. The van der Waals surface area contributed by atoms with Gasteiger partial charge in [0.05, 0.1) is 0 Å². The van der Waals surface area contributed by atoms with Gasteiger partial charge in [0.2, 0.25) is 5.91 Å². The van der Waals surface area contributed by atoms with E-state index in [0.29, 0.717) is 12.8 Å². The maximum absolute atomic E-state index is 12.2. The molecule has 108 valence electrons. The molecule has 4 heteroatoms. The molecule has 4 nitrogen and oxygen atoms in total. The summed E-state index contributed by atoms with van der Waals surface area (Å²) in [4.78, 5) is 23.3. The Bertz CT molecular complexity index is 481. The minimum absolute atomic E-state index is 0.205. The van der Waals surface area contributed by atoms with Crippen molar-refractivity contribution in [2.75, 3.05) is 5.32 Å². The summed E-state index contributed by atoms with van der Waals surface area (Å²) in [6.45, 7) is 2.07. The van der Waals surface area contributed by atoms with Crippen LogP contribution in [0.25, 0.3) is 0 Å². The predicted octanol–water partition coefficient (Wildman–Crippen LogP) is 1.74. The molecule has 0 bridgehead atoms. The van der Waals surface area contributed by atoms with E-state index in [-0.39, 0.29) is 5.91 Å². The SMILES string of the molecule is CCc1ccc(NC(=O)[C@H]2CCCC[C@H]2C(=O)[O-])cc1. The lowest BCUT2D eigenvalue weighted by atomic mass is 9.78. The molecule has 0 spiro atoms. The molecule has 1 saturated carbocycles. The molecule has 2 atom stereocenters. The summed E-state index contributed by atoms with van der Waals surface area (Å²) in [6.07, 6.45) is 3.86. The lowest BCUT2D eigenvalue weighted by molar-refractivity contribution is -0.313. The van der Waals surface area contributed by atoms with Gasteiger partial charge < -0.3 is 15.2 Å². The van der Waals surface area contributed by atoms with Gasteiger partial charge in [-0.25, -0.2) is 0 Å². The van der Waals surface area contributed by atoms with E-state index in [9.17, 15) is 14.7 Å². The van der Waals surface area contributed by atoms with Crippen molar-refractivity contribution in [3.8, 4) is 0 Å². The summed E-state index contributed by atoms with van der Waals surface area (Å²) in [7, 11) is 0. The highest BCUT2D eigenvalue weighted by atomic mass is 16.4. The number of amides is 1. The molecule has 1 fully saturated rings. The van der Waals surface area contributed by atoms with Crippen LogP contribution in [-0.2, 0) is 16.0 Å². The second kappa shape index (κ2) is 6.55. The molecule has 1 aromatic carbocycles. The number of hydrogen-bond acceptors (Lipinski definition) is 3. The summed E-state index contributed by atoms with van der Waals surface area (Å²) >= 11 is 0. The Labute approximate surface area is 119 Å². The zero-order valence-corrected chi connectivity index (χ0v) is 11.7. The average Bonchev–Trinajstić information content (AvgIpc) is 2.48. The van der Waals surface area contributed by atoms with E-state index in [1.807, 2.05) is 24.3 Å². The molecule has 0 saturated heterocycles. The van der Waals surface area contributed by atoms with Crippen LogP contribution in [0.3, 0.4) is 0 Å². The Balaban J connectivity index is 2.03. The normalized spacial score (nSPS) is 22.2. The molecule has 1 N–H and O–H groups in total. The molecular weight excluding hydrogens is 254 g/mol. The first-order valence-corrected chi connectivity index (χ1v) is 7.22. The van der Waals surface area contributed by atoms with Gasteiger partial charge in [-0.3, -0.25) is 4.79 Å². The molecule has 1 amide bonds. The fraction of sp³-hybridized carbons (Fsp3) is 0.500. The molecule has 20 heavy (non-hydrogen) atoms. The Kier molecular flexibility index (Phi) is 4.77. The van der Waals surface area contributed by atoms with Crippen molar-refractivity contribution in [2.45, 2.75) is 39.0 Å². The summed E-state index contributed by atoms with van der Waals surface area (Å²) in [5.41, 5.74) is 1.92. The second-order valence-electron chi connectivity index (χ2n) is 5.36. The number of hydrogen-bond donors (Lipinski definition) is 1. The number of carboxylic acids is 1. The van der Waals surface area contributed by atoms with Crippen LogP contribution in [0, 0.1) is 11.8 Å². The molecule has 1 aliphatic carbocycles. The van der Waals surface area contributed by atoms with Crippen LogP contribution in [0.4, 0.5) is 5.69 Å². The van der Waals surface area contributed by atoms with E-state index < -0.39 is 17.8 Å². The van der Waals surface area contributed by atoms with Crippen LogP contribution in [0.2, 0.25) is 0 Å². The number of benzene rings is 1. The number of rotatable bonds is 4. The first-order valence-electron chi connectivity index (χ1n) is 7.22. The van der Waals surface area contributed by atoms with E-state index >= 15 is 0 Å². The van der Waals surface area contributed by atoms with Gasteiger partial charge in [0.15, 0.2) is 0 Å². The molecule has 2 rings (SSSR count). The number of carbonyl (C=O) groups excluding carboxylic acids is 2. The van der Waals surface area contributed by atoms with Gasteiger partial charge in [-0.1, -0.05) is 31.9 Å². The maximum atomic E-state index is 12.2. The zero-order valence-electron chi connectivity index (χ0n) is 11.7. The van der Waals surface area contributed by atoms with Crippen LogP contribution in [0.1, 0.15) is 38.2 Å². The molecule has 0 aliphatic heterocycles. The number of carbonyl (C=O) groups is 2. The predicted molar refractivity (Wildman–Crippen MR) is 74.9 cm³/mol. The van der Waals surface area contributed by atoms with Crippen molar-refractivity contribution in [2.24, 2.45) is 11.8 Å². The van der Waals surface area contributed by atoms with Crippen molar-refractivity contribution in [1.82, 2.24) is 0 Å². The molecule has 0 aromatic heterocycles. The third-order valence-corrected chi connectivity index (χ3v) is 4.04. The summed E-state index contributed by atoms with van der Waals surface area (Å²) < 4.78 is 0. The van der Waals surface area contributed by atoms with Crippen LogP contribution >= 0.6 is 0 Å². The number of aliphatic carboxylic acids is 1. The third kappa shape index (κ3) is 3.38. The molecular formula is C16H20NO3-. The zero-order chi connectivity index (χ0) is 14.5. The average molecular weight is 274 g/mol. The number of anilines is 1. The fourth-order valence-corrected chi connectivity index (χ4v) is 2.79. The standard InChI is InChI=1S/C16H21NO3/c1-2-11-7-9-12(10-8-11)17-15(18)13-5-3-4-6-14(13)16(19)20/h7-10,13-14H,2-6H2,1H3,(H,17,18)(H,19,20)/p-1/t13-,14+/m0/s1. The highest BCUT2D eigenvalue weighted by molar-refractivity contribution is 5.95. The topological polar surface area (TPSA) is 69.2 Å². The number of carboxylic acid groups (broad SMARTS) is 1. The quantitative estimate of drug-likeness (QED) is 0.909. The van der Waals surface area contributed by atoms with E-state index in [4.69, 9.17) is 0 Å². The van der Waals surface area contributed by atoms with Gasteiger partial charge in [-0.2, -0.15) is 0 Å². The van der Waals surface area contributed by atoms with E-state index in [2.05, 4.69) is 12.2 Å². The molecule has 1 aliphatic rings. The van der Waals surface area contributed by atoms with Crippen LogP contribution in [0.5, 0.6) is 0 Å². The van der Waals surface area contributed by atoms with Crippen molar-refractivity contribution in [3.63, 3.8) is 0 Å². The summed E-state index contributed by atoms with van der Waals surface area (Å²) in [5.74, 6) is -2.44.